The second-order valence-corrected chi connectivity index (χ2v) is 10.8. The van der Waals surface area contributed by atoms with E-state index < -0.39 is 0 Å². The molecule has 206 valence electrons. The number of tetrazole rings is 1. The molecule has 1 aromatic carbocycles. The lowest BCUT2D eigenvalue weighted by atomic mass is 9.85. The zero-order chi connectivity index (χ0) is 28.1. The molecule has 0 spiro atoms. The van der Waals surface area contributed by atoms with E-state index >= 15 is 0 Å². The number of Topliss-reactive ketones (excluding diaryl/α,β-unsaturated/α-hetero) is 1. The fourth-order valence-electron chi connectivity index (χ4n) is 6.52. The Morgan fingerprint density at radius 1 is 1.02 bits per heavy atom. The Morgan fingerprint density at radius 3 is 2.46 bits per heavy atom. The van der Waals surface area contributed by atoms with Crippen LogP contribution in [-0.2, 0) is 11.2 Å². The normalized spacial score (nSPS) is 20.0. The minimum atomic E-state index is -0.152. The zero-order valence-electron chi connectivity index (χ0n) is 22.4. The molecule has 7 rings (SSSR count). The maximum absolute atomic E-state index is 13.2. The van der Waals surface area contributed by atoms with Gasteiger partial charge in [-0.1, -0.05) is 41.6 Å². The molecule has 12 heteroatoms. The van der Waals surface area contributed by atoms with Gasteiger partial charge in [0, 0.05) is 40.9 Å². The summed E-state index contributed by atoms with van der Waals surface area (Å²) >= 11 is 0. The highest BCUT2D eigenvalue weighted by atomic mass is 16.2. The summed E-state index contributed by atoms with van der Waals surface area (Å²) in [7, 11) is 0. The van der Waals surface area contributed by atoms with Crippen molar-refractivity contribution in [1.29, 1.82) is 0 Å². The first-order valence-electron chi connectivity index (χ1n) is 13.7. The lowest BCUT2D eigenvalue weighted by molar-refractivity contribution is -0.135. The number of ketones is 1. The molecule has 2 unspecified atom stereocenters. The van der Waals surface area contributed by atoms with Crippen LogP contribution in [0.2, 0.25) is 0 Å². The number of amides is 1. The highest BCUT2D eigenvalue weighted by Gasteiger charge is 2.45. The molecule has 0 aliphatic carbocycles. The molecule has 5 aromatic rings. The first-order chi connectivity index (χ1) is 20.0. The number of H-pyrrole nitrogens is 1. The molecule has 0 radical (unpaired) electrons. The monoisotopic (exact) mass is 548 g/mol. The van der Waals surface area contributed by atoms with Crippen LogP contribution >= 0.6 is 0 Å². The third-order valence-corrected chi connectivity index (χ3v) is 8.31. The number of piperidine rings is 1. The van der Waals surface area contributed by atoms with E-state index in [2.05, 4.69) is 30.7 Å². The molecule has 1 amide bonds. The summed E-state index contributed by atoms with van der Waals surface area (Å²) in [5.74, 6) is 0.488. The van der Waals surface area contributed by atoms with E-state index in [1.54, 1.807) is 10.7 Å². The van der Waals surface area contributed by atoms with Gasteiger partial charge in [0.1, 0.15) is 5.82 Å². The summed E-state index contributed by atoms with van der Waals surface area (Å²) in [6.07, 6.45) is 6.86. The van der Waals surface area contributed by atoms with Crippen LogP contribution in [-0.4, -0.2) is 68.9 Å². The SMILES string of the molecule is CC(=O)c1c(C2CC3CCC(C2)N3C(=O)Cc2nn[nH]n2)nc2c(-c3ccc(-c4ccccc4)nc3)cnn2c1N. The van der Waals surface area contributed by atoms with Crippen molar-refractivity contribution >= 4 is 23.2 Å². The smallest absolute Gasteiger partial charge is 0.230 e. The number of nitrogens with two attached hydrogens (primary N) is 1. The van der Waals surface area contributed by atoms with Crippen LogP contribution in [0.15, 0.2) is 54.9 Å². The average Bonchev–Trinajstić information content (AvgIpc) is 3.71. The summed E-state index contributed by atoms with van der Waals surface area (Å²) in [6.45, 7) is 1.51. The van der Waals surface area contributed by atoms with Crippen molar-refractivity contribution in [1.82, 2.24) is 45.1 Å². The minimum absolute atomic E-state index is 0.00316. The number of benzene rings is 1. The second kappa shape index (κ2) is 9.88. The molecule has 2 saturated heterocycles. The lowest BCUT2D eigenvalue weighted by Crippen LogP contribution is -2.47. The van der Waals surface area contributed by atoms with Crippen LogP contribution in [0.4, 0.5) is 5.82 Å². The number of carbonyl (C=O) groups excluding carboxylic acids is 2. The van der Waals surface area contributed by atoms with Gasteiger partial charge in [0.05, 0.1) is 29.6 Å². The van der Waals surface area contributed by atoms with Gasteiger partial charge in [-0.3, -0.25) is 14.6 Å². The summed E-state index contributed by atoms with van der Waals surface area (Å²) in [5.41, 5.74) is 11.8. The molecule has 2 aliphatic rings. The van der Waals surface area contributed by atoms with Crippen LogP contribution in [0.3, 0.4) is 0 Å². The lowest BCUT2D eigenvalue weighted by Gasteiger charge is -2.39. The van der Waals surface area contributed by atoms with Crippen LogP contribution in [0.5, 0.6) is 0 Å². The van der Waals surface area contributed by atoms with Crippen LogP contribution in [0.25, 0.3) is 28.0 Å². The van der Waals surface area contributed by atoms with Crippen molar-refractivity contribution in [2.45, 2.75) is 57.0 Å². The van der Waals surface area contributed by atoms with Gasteiger partial charge < -0.3 is 10.6 Å². The fraction of sp³-hybridized carbons (Fsp3) is 0.310. The molecule has 2 atom stereocenters. The molecule has 6 heterocycles. The number of aromatic nitrogens is 8. The fourth-order valence-corrected chi connectivity index (χ4v) is 6.52. The predicted octanol–water partition coefficient (Wildman–Crippen LogP) is 3.24. The summed E-state index contributed by atoms with van der Waals surface area (Å²) in [5, 5.41) is 18.3. The number of aromatic amines is 1. The number of carbonyl (C=O) groups is 2. The van der Waals surface area contributed by atoms with Crippen molar-refractivity contribution in [2.24, 2.45) is 0 Å². The third kappa shape index (κ3) is 4.31. The first-order valence-corrected chi connectivity index (χ1v) is 13.7. The van der Waals surface area contributed by atoms with E-state index in [0.29, 0.717) is 35.6 Å². The van der Waals surface area contributed by atoms with Gasteiger partial charge in [0.25, 0.3) is 0 Å². The van der Waals surface area contributed by atoms with Gasteiger partial charge in [-0.2, -0.15) is 14.8 Å². The number of pyridine rings is 1. The first kappa shape index (κ1) is 25.0. The van der Waals surface area contributed by atoms with Gasteiger partial charge in [-0.05, 0) is 38.7 Å². The Bertz CT molecular complexity index is 1730. The number of nitrogens with zero attached hydrogens (tertiary/aromatic N) is 8. The summed E-state index contributed by atoms with van der Waals surface area (Å²) in [6, 6.07) is 14.1. The molecule has 3 N–H and O–H groups in total. The quantitative estimate of drug-likeness (QED) is 0.304. The van der Waals surface area contributed by atoms with E-state index in [1.165, 1.54) is 6.92 Å². The van der Waals surface area contributed by atoms with Crippen molar-refractivity contribution < 1.29 is 9.59 Å². The maximum Gasteiger partial charge on any atom is 0.230 e. The van der Waals surface area contributed by atoms with E-state index in [-0.39, 0.29) is 41.9 Å². The molecule has 12 nitrogen and oxygen atoms in total. The standard InChI is InChI=1S/C29H28N10O2/c1-16(40)26-27(19-11-20-8-9-21(12-19)38(20)25(41)13-24-34-36-37-35-24)33-29-22(15-32-39(29)28(26)30)18-7-10-23(31-14-18)17-5-3-2-4-6-17/h2-7,10,14-15,19-21H,8-9,11-13,30H2,1H3,(H,34,35,36,37). The molecular formula is C29H28N10O2. The number of anilines is 1. The highest BCUT2D eigenvalue weighted by Crippen LogP contribution is 2.44. The molecule has 2 fully saturated rings. The van der Waals surface area contributed by atoms with Crippen molar-refractivity contribution in [3.05, 3.63) is 71.9 Å². The Kier molecular flexibility index (Phi) is 6.02. The van der Waals surface area contributed by atoms with Crippen LogP contribution in [0.1, 0.15) is 60.4 Å². The Balaban J connectivity index is 1.23. The van der Waals surface area contributed by atoms with Crippen molar-refractivity contribution in [3.63, 3.8) is 0 Å². The largest absolute Gasteiger partial charge is 0.383 e. The van der Waals surface area contributed by atoms with Gasteiger partial charge in [0.2, 0.25) is 5.91 Å². The molecule has 41 heavy (non-hydrogen) atoms. The summed E-state index contributed by atoms with van der Waals surface area (Å²) < 4.78 is 1.54. The topological polar surface area (TPSA) is 161 Å². The maximum atomic E-state index is 13.2. The van der Waals surface area contributed by atoms with E-state index in [9.17, 15) is 9.59 Å². The van der Waals surface area contributed by atoms with Gasteiger partial charge in [-0.25, -0.2) is 4.98 Å². The minimum Gasteiger partial charge on any atom is -0.383 e. The number of hydrogen-bond donors (Lipinski definition) is 2. The van der Waals surface area contributed by atoms with E-state index in [1.807, 2.05) is 53.6 Å². The van der Waals surface area contributed by atoms with Gasteiger partial charge in [0.15, 0.2) is 17.3 Å². The second-order valence-electron chi connectivity index (χ2n) is 10.8. The predicted molar refractivity (Wildman–Crippen MR) is 150 cm³/mol. The number of nitrogen functional groups attached to an aromatic ring is 1. The van der Waals surface area contributed by atoms with E-state index in [0.717, 1.165) is 35.2 Å². The van der Waals surface area contributed by atoms with Crippen LogP contribution in [0, 0.1) is 0 Å². The Hall–Kier alpha value is -5.00. The Morgan fingerprint density at radius 2 is 1.80 bits per heavy atom. The molecule has 0 saturated carbocycles. The molecule has 2 bridgehead atoms. The number of hydrogen-bond acceptors (Lipinski definition) is 9. The highest BCUT2D eigenvalue weighted by molar-refractivity contribution is 6.00. The zero-order valence-corrected chi connectivity index (χ0v) is 22.4. The molecule has 2 aliphatic heterocycles. The van der Waals surface area contributed by atoms with Crippen LogP contribution < -0.4 is 5.73 Å². The van der Waals surface area contributed by atoms with Crippen molar-refractivity contribution in [2.75, 3.05) is 5.73 Å². The molecule has 4 aromatic heterocycles. The Labute approximate surface area is 235 Å². The number of fused-ring (bicyclic) bond motifs is 3. The third-order valence-electron chi connectivity index (χ3n) is 8.31. The van der Waals surface area contributed by atoms with Gasteiger partial charge >= 0.3 is 0 Å². The average molecular weight is 549 g/mol. The van der Waals surface area contributed by atoms with E-state index in [4.69, 9.17) is 10.7 Å². The molecular weight excluding hydrogens is 520 g/mol. The summed E-state index contributed by atoms with van der Waals surface area (Å²) in [4.78, 5) is 37.8. The van der Waals surface area contributed by atoms with Crippen molar-refractivity contribution in [3.8, 4) is 22.4 Å². The van der Waals surface area contributed by atoms with Gasteiger partial charge in [-0.15, -0.1) is 10.2 Å². The number of rotatable bonds is 6. The number of nitrogens with one attached hydrogen (secondary N) is 1.